The van der Waals surface area contributed by atoms with Gasteiger partial charge in [-0.1, -0.05) is 6.92 Å². The molecule has 1 unspecified atom stereocenters. The van der Waals surface area contributed by atoms with Crippen LogP contribution in [0.4, 0.5) is 8.78 Å². The third-order valence-corrected chi connectivity index (χ3v) is 9.86. The van der Waals surface area contributed by atoms with Gasteiger partial charge in [-0.25, -0.2) is 13.5 Å². The molecule has 0 amide bonds. The van der Waals surface area contributed by atoms with Crippen LogP contribution >= 0.6 is 0 Å². The van der Waals surface area contributed by atoms with E-state index in [1.807, 2.05) is 6.92 Å². The fraction of sp³-hybridized carbons (Fsp3) is 0.913. The van der Waals surface area contributed by atoms with Gasteiger partial charge in [0.25, 0.3) is 6.43 Å². The van der Waals surface area contributed by atoms with E-state index in [-0.39, 0.29) is 42.4 Å². The van der Waals surface area contributed by atoms with Gasteiger partial charge in [0.1, 0.15) is 18.0 Å². The van der Waals surface area contributed by atoms with Gasteiger partial charge in [-0.3, -0.25) is 4.79 Å². The topological polar surface area (TPSA) is 80.9 Å². The van der Waals surface area contributed by atoms with Crippen LogP contribution in [0.5, 0.6) is 0 Å². The number of ketones is 1. The lowest BCUT2D eigenvalue weighted by Crippen LogP contribution is -2.53. The standard InChI is InChI=1S/C23H34F2N4O2/c1-13-26-27-28-29(13)12-20(30)19-6-5-18-17-4-3-14-11-23(31,21(24)25)10-8-15(14)16(17)7-9-22(18,19)2/h14-19,21,31H,3-12H2,1-2H3/t14-,15+,16-,17-,18+,19?,22+,23-/m1/s1. The van der Waals surface area contributed by atoms with Gasteiger partial charge < -0.3 is 5.11 Å². The molecule has 4 saturated carbocycles. The second kappa shape index (κ2) is 7.56. The smallest absolute Gasteiger partial charge is 0.266 e. The van der Waals surface area contributed by atoms with Crippen molar-refractivity contribution in [3.05, 3.63) is 5.82 Å². The first kappa shape index (κ1) is 21.4. The van der Waals surface area contributed by atoms with Crippen LogP contribution in [0.15, 0.2) is 0 Å². The van der Waals surface area contributed by atoms with Crippen molar-refractivity contribution < 1.29 is 18.7 Å². The third kappa shape index (κ3) is 3.35. The maximum atomic E-state index is 13.4. The molecular formula is C23H34F2N4O2. The van der Waals surface area contributed by atoms with Crippen LogP contribution in [0.25, 0.3) is 0 Å². The highest BCUT2D eigenvalue weighted by Crippen LogP contribution is 2.64. The van der Waals surface area contributed by atoms with Crippen molar-refractivity contribution in [2.24, 2.45) is 40.9 Å². The summed E-state index contributed by atoms with van der Waals surface area (Å²) in [5, 5.41) is 21.9. The van der Waals surface area contributed by atoms with Crippen LogP contribution in [-0.2, 0) is 11.3 Å². The maximum Gasteiger partial charge on any atom is 0.266 e. The summed E-state index contributed by atoms with van der Waals surface area (Å²) >= 11 is 0. The molecule has 172 valence electrons. The predicted octanol–water partition coefficient (Wildman–Crippen LogP) is 3.82. The summed E-state index contributed by atoms with van der Waals surface area (Å²) in [5.41, 5.74) is -1.76. The molecule has 6 nitrogen and oxygen atoms in total. The molecule has 0 bridgehead atoms. The number of carbonyl (C=O) groups excluding carboxylic acids is 1. The second-order valence-electron chi connectivity index (χ2n) is 11.1. The van der Waals surface area contributed by atoms with Gasteiger partial charge in [0.15, 0.2) is 5.78 Å². The number of fused-ring (bicyclic) bond motifs is 5. The van der Waals surface area contributed by atoms with E-state index in [1.165, 1.54) is 0 Å². The van der Waals surface area contributed by atoms with E-state index in [4.69, 9.17) is 0 Å². The fourth-order valence-electron chi connectivity index (χ4n) is 8.29. The molecule has 31 heavy (non-hydrogen) atoms. The molecule has 1 N–H and O–H groups in total. The number of carbonyl (C=O) groups is 1. The zero-order chi connectivity index (χ0) is 22.0. The predicted molar refractivity (Wildman–Crippen MR) is 109 cm³/mol. The van der Waals surface area contributed by atoms with Crippen molar-refractivity contribution in [1.29, 1.82) is 0 Å². The Morgan fingerprint density at radius 1 is 1.13 bits per heavy atom. The minimum absolute atomic E-state index is 0.0192. The number of halogens is 2. The van der Waals surface area contributed by atoms with E-state index in [0.717, 1.165) is 44.9 Å². The van der Waals surface area contributed by atoms with Gasteiger partial charge in [-0.15, -0.1) is 5.10 Å². The molecular weight excluding hydrogens is 402 g/mol. The molecule has 1 aromatic rings. The van der Waals surface area contributed by atoms with Gasteiger partial charge in [-0.05, 0) is 110 Å². The van der Waals surface area contributed by atoms with Gasteiger partial charge in [0.2, 0.25) is 0 Å². The van der Waals surface area contributed by atoms with E-state index < -0.39 is 12.0 Å². The minimum atomic E-state index is -2.65. The SMILES string of the molecule is Cc1nnnn1CC(=O)C1CC[C@H]2[C@@H]3CC[C@@H]4C[C@@](O)(C(F)F)CC[C@@H]4[C@H]3CC[C@]12C. The fourth-order valence-corrected chi connectivity index (χ4v) is 8.29. The van der Waals surface area contributed by atoms with E-state index >= 15 is 0 Å². The monoisotopic (exact) mass is 436 g/mol. The first-order chi connectivity index (χ1) is 14.7. The molecule has 0 radical (unpaired) electrons. The molecule has 4 fully saturated rings. The zero-order valence-electron chi connectivity index (χ0n) is 18.5. The highest BCUT2D eigenvalue weighted by molar-refractivity contribution is 5.82. The Hall–Kier alpha value is -1.44. The van der Waals surface area contributed by atoms with Gasteiger partial charge in [0, 0.05) is 5.92 Å². The lowest BCUT2D eigenvalue weighted by molar-refractivity contribution is -0.160. The number of aryl methyl sites for hydroxylation is 1. The minimum Gasteiger partial charge on any atom is -0.384 e. The Kier molecular flexibility index (Phi) is 5.22. The van der Waals surface area contributed by atoms with Crippen LogP contribution in [-0.4, -0.2) is 43.1 Å². The summed E-state index contributed by atoms with van der Waals surface area (Å²) in [6.07, 6.45) is 4.68. The normalized spacial score (nSPS) is 44.6. The maximum absolute atomic E-state index is 13.4. The van der Waals surface area contributed by atoms with E-state index in [9.17, 15) is 18.7 Å². The number of aromatic nitrogens is 4. The summed E-state index contributed by atoms with van der Waals surface area (Å²) in [6, 6.07) is 0. The van der Waals surface area contributed by atoms with Crippen LogP contribution in [0, 0.1) is 47.8 Å². The quantitative estimate of drug-likeness (QED) is 0.776. The van der Waals surface area contributed by atoms with Crippen LogP contribution in [0.2, 0.25) is 0 Å². The average molecular weight is 437 g/mol. The Balaban J connectivity index is 1.30. The molecule has 0 saturated heterocycles. The number of alkyl halides is 2. The van der Waals surface area contributed by atoms with Gasteiger partial charge in [0.05, 0.1) is 0 Å². The molecule has 0 aliphatic heterocycles. The lowest BCUT2D eigenvalue weighted by Gasteiger charge is -2.57. The lowest BCUT2D eigenvalue weighted by atomic mass is 9.49. The first-order valence-corrected chi connectivity index (χ1v) is 12.0. The summed E-state index contributed by atoms with van der Waals surface area (Å²) < 4.78 is 28.4. The molecule has 5 rings (SSSR count). The molecule has 8 heteroatoms. The summed E-state index contributed by atoms with van der Waals surface area (Å²) in [7, 11) is 0. The number of aliphatic hydroxyl groups is 1. The Morgan fingerprint density at radius 3 is 2.61 bits per heavy atom. The van der Waals surface area contributed by atoms with Crippen LogP contribution in [0.3, 0.4) is 0 Å². The molecule has 1 aromatic heterocycles. The second-order valence-corrected chi connectivity index (χ2v) is 11.1. The van der Waals surface area contributed by atoms with Crippen LogP contribution < -0.4 is 0 Å². The Bertz CT molecular complexity index is 847. The Morgan fingerprint density at radius 2 is 1.90 bits per heavy atom. The van der Waals surface area contributed by atoms with E-state index in [0.29, 0.717) is 29.5 Å². The number of tetrazole rings is 1. The third-order valence-electron chi connectivity index (χ3n) is 9.86. The summed E-state index contributed by atoms with van der Waals surface area (Å²) in [6.45, 7) is 4.38. The molecule has 8 atom stereocenters. The van der Waals surface area contributed by atoms with Crippen molar-refractivity contribution in [2.45, 2.75) is 90.2 Å². The Labute approximate surface area is 182 Å². The van der Waals surface area contributed by atoms with Crippen molar-refractivity contribution in [2.75, 3.05) is 0 Å². The van der Waals surface area contributed by atoms with Crippen molar-refractivity contribution in [3.63, 3.8) is 0 Å². The highest BCUT2D eigenvalue weighted by Gasteiger charge is 2.59. The largest absolute Gasteiger partial charge is 0.384 e. The van der Waals surface area contributed by atoms with Crippen molar-refractivity contribution >= 4 is 5.78 Å². The summed E-state index contributed by atoms with van der Waals surface area (Å²) in [4.78, 5) is 13.2. The molecule has 1 heterocycles. The molecule has 4 aliphatic carbocycles. The number of hydrogen-bond donors (Lipinski definition) is 1. The average Bonchev–Trinajstić information content (AvgIpc) is 3.29. The summed E-state index contributed by atoms with van der Waals surface area (Å²) in [5.74, 6) is 3.33. The number of hydrogen-bond acceptors (Lipinski definition) is 5. The number of nitrogens with zero attached hydrogens (tertiary/aromatic N) is 4. The highest BCUT2D eigenvalue weighted by atomic mass is 19.3. The van der Waals surface area contributed by atoms with Crippen LogP contribution in [0.1, 0.15) is 70.5 Å². The first-order valence-electron chi connectivity index (χ1n) is 12.0. The van der Waals surface area contributed by atoms with Gasteiger partial charge in [-0.2, -0.15) is 0 Å². The van der Waals surface area contributed by atoms with E-state index in [1.54, 1.807) is 4.68 Å². The number of rotatable bonds is 4. The number of Topliss-reactive ketones (excluding diaryl/α,β-unsaturated/α-hetero) is 1. The molecule has 4 aliphatic rings. The van der Waals surface area contributed by atoms with Gasteiger partial charge >= 0.3 is 0 Å². The molecule has 0 spiro atoms. The zero-order valence-corrected chi connectivity index (χ0v) is 18.5. The molecule has 0 aromatic carbocycles. The van der Waals surface area contributed by atoms with Crippen molar-refractivity contribution in [1.82, 2.24) is 20.2 Å². The van der Waals surface area contributed by atoms with Crippen molar-refractivity contribution in [3.8, 4) is 0 Å². The van der Waals surface area contributed by atoms with E-state index in [2.05, 4.69) is 22.4 Å².